The molecule has 2 aliphatic carbocycles. The predicted octanol–water partition coefficient (Wildman–Crippen LogP) is 3.49. The molecule has 27 heavy (non-hydrogen) atoms. The quantitative estimate of drug-likeness (QED) is 0.887. The number of carboxylic acid groups (broad SMARTS) is 1. The molecule has 0 unspecified atom stereocenters. The van der Waals surface area contributed by atoms with Crippen molar-refractivity contribution >= 4 is 17.5 Å². The van der Waals surface area contributed by atoms with E-state index in [1.165, 1.54) is 0 Å². The van der Waals surface area contributed by atoms with Gasteiger partial charge in [0.15, 0.2) is 11.6 Å². The average molecular weight is 365 g/mol. The van der Waals surface area contributed by atoms with E-state index in [2.05, 4.69) is 0 Å². The molecule has 1 N–H and O–H groups in total. The number of hydrogen-bond acceptors (Lipinski definition) is 4. The third-order valence-electron chi connectivity index (χ3n) is 5.88. The highest BCUT2D eigenvalue weighted by Gasteiger charge is 2.43. The zero-order chi connectivity index (χ0) is 19.1. The first-order valence-electron chi connectivity index (χ1n) is 9.56. The molecule has 0 saturated heterocycles. The second kappa shape index (κ2) is 6.80. The minimum absolute atomic E-state index is 0.0461. The lowest BCUT2D eigenvalue weighted by Crippen LogP contribution is -2.41. The molecule has 0 radical (unpaired) electrons. The van der Waals surface area contributed by atoms with E-state index in [0.717, 1.165) is 35.4 Å². The van der Waals surface area contributed by atoms with Crippen LogP contribution in [-0.2, 0) is 14.4 Å². The lowest BCUT2D eigenvalue weighted by Gasteiger charge is -2.43. The van der Waals surface area contributed by atoms with Gasteiger partial charge in [0.25, 0.3) is 0 Å². The van der Waals surface area contributed by atoms with Crippen LogP contribution in [0.5, 0.6) is 0 Å². The minimum atomic E-state index is -0.945. The molecule has 0 atom stereocenters. The zero-order valence-electron chi connectivity index (χ0n) is 15.5. The van der Waals surface area contributed by atoms with Crippen LogP contribution in [0.25, 0.3) is 0 Å². The third-order valence-corrected chi connectivity index (χ3v) is 5.88. The van der Waals surface area contributed by atoms with Crippen LogP contribution in [0, 0.1) is 6.92 Å². The van der Waals surface area contributed by atoms with Gasteiger partial charge in [0.05, 0.1) is 0 Å². The number of Topliss-reactive ketones (excluding diaryl/α,β-unsaturated/α-hetero) is 2. The highest BCUT2D eigenvalue weighted by atomic mass is 16.4. The van der Waals surface area contributed by atoms with E-state index in [1.54, 1.807) is 4.90 Å². The highest BCUT2D eigenvalue weighted by Crippen LogP contribution is 2.49. The fourth-order valence-corrected chi connectivity index (χ4v) is 4.76. The normalized spacial score (nSPS) is 20.7. The second-order valence-corrected chi connectivity index (χ2v) is 7.54. The standard InChI is InChI=1S/C22H23NO4/c1-13-6-2-3-7-14(13)20-21-15(8-4-10-17(21)24)23(12-19(26)27)16-9-5-11-18(25)22(16)20/h2-3,6-7,20H,4-5,8-12H2,1H3,(H,26,27). The van der Waals surface area contributed by atoms with Gasteiger partial charge in [-0.15, -0.1) is 0 Å². The number of ketones is 2. The highest BCUT2D eigenvalue weighted by molar-refractivity contribution is 6.06. The molecule has 5 nitrogen and oxygen atoms in total. The van der Waals surface area contributed by atoms with E-state index >= 15 is 0 Å². The van der Waals surface area contributed by atoms with Gasteiger partial charge in [-0.05, 0) is 43.7 Å². The zero-order valence-corrected chi connectivity index (χ0v) is 15.5. The summed E-state index contributed by atoms with van der Waals surface area (Å²) in [6.45, 7) is 1.80. The van der Waals surface area contributed by atoms with Gasteiger partial charge in [0, 0.05) is 41.3 Å². The largest absolute Gasteiger partial charge is 0.480 e. The average Bonchev–Trinajstić information content (AvgIpc) is 2.63. The minimum Gasteiger partial charge on any atom is -0.480 e. The van der Waals surface area contributed by atoms with Crippen molar-refractivity contribution in [3.8, 4) is 0 Å². The number of aryl methyl sites for hydroxylation is 1. The fourth-order valence-electron chi connectivity index (χ4n) is 4.76. The van der Waals surface area contributed by atoms with Gasteiger partial charge < -0.3 is 10.0 Å². The van der Waals surface area contributed by atoms with E-state index in [9.17, 15) is 19.5 Å². The van der Waals surface area contributed by atoms with E-state index in [4.69, 9.17) is 0 Å². The molecular formula is C22H23NO4. The number of hydrogen-bond donors (Lipinski definition) is 1. The van der Waals surface area contributed by atoms with Gasteiger partial charge in [-0.1, -0.05) is 24.3 Å². The Morgan fingerprint density at radius 2 is 1.56 bits per heavy atom. The molecule has 0 spiro atoms. The summed E-state index contributed by atoms with van der Waals surface area (Å²) >= 11 is 0. The Labute approximate surface area is 158 Å². The van der Waals surface area contributed by atoms with Gasteiger partial charge in [0.2, 0.25) is 0 Å². The summed E-state index contributed by atoms with van der Waals surface area (Å²) in [5.41, 5.74) is 4.95. The van der Waals surface area contributed by atoms with Crippen molar-refractivity contribution in [1.29, 1.82) is 0 Å². The van der Waals surface area contributed by atoms with Crippen LogP contribution in [0.3, 0.4) is 0 Å². The number of rotatable bonds is 3. The first-order valence-corrected chi connectivity index (χ1v) is 9.56. The van der Waals surface area contributed by atoms with Crippen molar-refractivity contribution in [2.24, 2.45) is 0 Å². The van der Waals surface area contributed by atoms with Gasteiger partial charge in [0.1, 0.15) is 6.54 Å². The molecule has 0 amide bonds. The molecule has 4 rings (SSSR count). The number of carboxylic acids is 1. The number of benzene rings is 1. The van der Waals surface area contributed by atoms with Crippen molar-refractivity contribution < 1.29 is 19.5 Å². The molecule has 5 heteroatoms. The monoisotopic (exact) mass is 365 g/mol. The molecule has 1 aromatic rings. The van der Waals surface area contributed by atoms with Gasteiger partial charge in [-0.25, -0.2) is 0 Å². The Morgan fingerprint density at radius 1 is 1.00 bits per heavy atom. The summed E-state index contributed by atoms with van der Waals surface area (Å²) in [7, 11) is 0. The molecule has 3 aliphatic rings. The SMILES string of the molecule is Cc1ccccc1C1C2=C(CCCC2=O)N(CC(=O)O)C2=C1C(=O)CCC2. The van der Waals surface area contributed by atoms with Crippen LogP contribution < -0.4 is 0 Å². The summed E-state index contributed by atoms with van der Waals surface area (Å²) in [6.07, 6.45) is 3.73. The number of carbonyl (C=O) groups is 3. The molecule has 1 heterocycles. The van der Waals surface area contributed by atoms with Crippen LogP contribution in [0.2, 0.25) is 0 Å². The van der Waals surface area contributed by atoms with Crippen LogP contribution in [0.1, 0.15) is 55.6 Å². The van der Waals surface area contributed by atoms with Gasteiger partial charge in [-0.2, -0.15) is 0 Å². The lowest BCUT2D eigenvalue weighted by atomic mass is 9.70. The Kier molecular flexibility index (Phi) is 4.46. The summed E-state index contributed by atoms with van der Waals surface area (Å²) in [5.74, 6) is -1.21. The van der Waals surface area contributed by atoms with Crippen LogP contribution in [0.4, 0.5) is 0 Å². The molecule has 1 aliphatic heterocycles. The number of nitrogens with zero attached hydrogens (tertiary/aromatic N) is 1. The first kappa shape index (κ1) is 17.7. The van der Waals surface area contributed by atoms with Gasteiger partial charge >= 0.3 is 5.97 Å². The molecule has 0 bridgehead atoms. The van der Waals surface area contributed by atoms with Crippen molar-refractivity contribution in [2.45, 2.75) is 51.4 Å². The molecule has 0 aromatic heterocycles. The smallest absolute Gasteiger partial charge is 0.323 e. The van der Waals surface area contributed by atoms with Crippen molar-refractivity contribution in [3.63, 3.8) is 0 Å². The van der Waals surface area contributed by atoms with Crippen LogP contribution >= 0.6 is 0 Å². The number of aliphatic carboxylic acids is 1. The van der Waals surface area contributed by atoms with E-state index in [-0.39, 0.29) is 24.0 Å². The molecule has 0 saturated carbocycles. The summed E-state index contributed by atoms with van der Waals surface area (Å²) < 4.78 is 0. The fraction of sp³-hybridized carbons (Fsp3) is 0.409. The summed E-state index contributed by atoms with van der Waals surface area (Å²) in [5, 5.41) is 9.45. The lowest BCUT2D eigenvalue weighted by molar-refractivity contribution is -0.138. The topological polar surface area (TPSA) is 74.7 Å². The Balaban J connectivity index is 1.98. The van der Waals surface area contributed by atoms with Gasteiger partial charge in [-0.3, -0.25) is 14.4 Å². The Morgan fingerprint density at radius 3 is 2.07 bits per heavy atom. The molecular weight excluding hydrogens is 342 g/mol. The van der Waals surface area contributed by atoms with Crippen molar-refractivity contribution in [1.82, 2.24) is 4.90 Å². The summed E-state index contributed by atoms with van der Waals surface area (Å²) in [6, 6.07) is 7.88. The molecule has 140 valence electrons. The number of carbonyl (C=O) groups excluding carboxylic acids is 2. The maximum absolute atomic E-state index is 13.0. The van der Waals surface area contributed by atoms with E-state index in [0.29, 0.717) is 36.8 Å². The molecule has 0 fully saturated rings. The third kappa shape index (κ3) is 2.91. The van der Waals surface area contributed by atoms with Crippen molar-refractivity contribution in [3.05, 3.63) is 57.9 Å². The Bertz CT molecular complexity index is 865. The van der Waals surface area contributed by atoms with Crippen LogP contribution in [0.15, 0.2) is 46.8 Å². The predicted molar refractivity (Wildman–Crippen MR) is 100 cm³/mol. The van der Waals surface area contributed by atoms with Crippen LogP contribution in [-0.4, -0.2) is 34.1 Å². The number of allylic oxidation sites excluding steroid dienone is 4. The van der Waals surface area contributed by atoms with E-state index in [1.807, 2.05) is 31.2 Å². The molecule has 1 aromatic carbocycles. The maximum Gasteiger partial charge on any atom is 0.323 e. The van der Waals surface area contributed by atoms with E-state index < -0.39 is 5.97 Å². The maximum atomic E-state index is 13.0. The first-order chi connectivity index (χ1) is 13.0. The Hall–Kier alpha value is -2.69. The van der Waals surface area contributed by atoms with Crippen molar-refractivity contribution in [2.75, 3.05) is 6.54 Å². The second-order valence-electron chi connectivity index (χ2n) is 7.54. The summed E-state index contributed by atoms with van der Waals surface area (Å²) in [4.78, 5) is 39.2.